The number of hydrogen-bond donors (Lipinski definition) is 4. The molecule has 0 fully saturated rings. The van der Waals surface area contributed by atoms with Gasteiger partial charge >= 0.3 is 0 Å². The summed E-state index contributed by atoms with van der Waals surface area (Å²) in [5.41, 5.74) is 4.70. The van der Waals surface area contributed by atoms with Crippen LogP contribution in [0, 0.1) is 13.8 Å². The Bertz CT molecular complexity index is 1190. The molecule has 4 N–H and O–H groups in total. The number of nitrogens with zero attached hydrogens (tertiary/aromatic N) is 3. The summed E-state index contributed by atoms with van der Waals surface area (Å²) in [7, 11) is 0. The van der Waals surface area contributed by atoms with Gasteiger partial charge in [-0.1, -0.05) is 51.3 Å². The standard InChI is InChI=1S/C25H24BrN7O/c1-16-3-9-20(10-4-16)29-24-31-23(27-15-22(34)28-19-13-7-18(26)8-14-19)32-25(33-24)30-21-11-5-17(2)6-12-21/h3-14H,15H2,1-2H3,(H,28,34)(H3,27,29,30,31,32,33). The molecule has 0 spiro atoms. The van der Waals surface area contributed by atoms with E-state index in [1.165, 1.54) is 0 Å². The SMILES string of the molecule is Cc1ccc(Nc2nc(NCC(=O)Nc3ccc(Br)cc3)nc(Nc3ccc(C)cc3)n2)cc1. The number of aromatic nitrogens is 3. The molecule has 0 saturated heterocycles. The van der Waals surface area contributed by atoms with Crippen LogP contribution >= 0.6 is 15.9 Å². The fourth-order valence-electron chi connectivity index (χ4n) is 3.00. The van der Waals surface area contributed by atoms with Crippen LogP contribution in [0.5, 0.6) is 0 Å². The van der Waals surface area contributed by atoms with E-state index in [0.29, 0.717) is 17.6 Å². The second kappa shape index (κ2) is 10.8. The summed E-state index contributed by atoms with van der Waals surface area (Å²) in [5, 5.41) is 12.2. The lowest BCUT2D eigenvalue weighted by atomic mass is 10.2. The van der Waals surface area contributed by atoms with E-state index in [4.69, 9.17) is 0 Å². The quantitative estimate of drug-likeness (QED) is 0.234. The smallest absolute Gasteiger partial charge is 0.243 e. The van der Waals surface area contributed by atoms with E-state index in [9.17, 15) is 4.79 Å². The molecule has 9 heteroatoms. The molecule has 0 aliphatic heterocycles. The zero-order valence-corrected chi connectivity index (χ0v) is 20.3. The largest absolute Gasteiger partial charge is 0.345 e. The maximum Gasteiger partial charge on any atom is 0.243 e. The Kier molecular flexibility index (Phi) is 7.34. The van der Waals surface area contributed by atoms with Crippen molar-refractivity contribution < 1.29 is 4.79 Å². The number of anilines is 6. The first-order chi connectivity index (χ1) is 16.4. The van der Waals surface area contributed by atoms with Gasteiger partial charge in [0.1, 0.15) is 0 Å². The van der Waals surface area contributed by atoms with Gasteiger partial charge in [0.2, 0.25) is 23.8 Å². The van der Waals surface area contributed by atoms with E-state index >= 15 is 0 Å². The predicted octanol–water partition coefficient (Wildman–Crippen LogP) is 5.79. The zero-order valence-electron chi connectivity index (χ0n) is 18.8. The van der Waals surface area contributed by atoms with Crippen molar-refractivity contribution in [3.05, 3.63) is 88.4 Å². The average molecular weight is 518 g/mol. The van der Waals surface area contributed by atoms with Gasteiger partial charge in [0, 0.05) is 21.5 Å². The summed E-state index contributed by atoms with van der Waals surface area (Å²) in [5.74, 6) is 0.752. The molecule has 1 heterocycles. The van der Waals surface area contributed by atoms with Crippen LogP contribution in [0.25, 0.3) is 0 Å². The topological polar surface area (TPSA) is 104 Å². The van der Waals surface area contributed by atoms with Crippen molar-refractivity contribution in [1.29, 1.82) is 0 Å². The normalized spacial score (nSPS) is 10.4. The van der Waals surface area contributed by atoms with Gasteiger partial charge in [-0.25, -0.2) is 0 Å². The van der Waals surface area contributed by atoms with Gasteiger partial charge in [-0.2, -0.15) is 15.0 Å². The van der Waals surface area contributed by atoms with Crippen LogP contribution in [0.2, 0.25) is 0 Å². The Morgan fingerprint density at radius 1 is 0.676 bits per heavy atom. The molecule has 4 aromatic rings. The number of hydrogen-bond acceptors (Lipinski definition) is 7. The number of aryl methyl sites for hydroxylation is 2. The molecule has 1 aromatic heterocycles. The monoisotopic (exact) mass is 517 g/mol. The lowest BCUT2D eigenvalue weighted by Gasteiger charge is -2.12. The molecule has 0 unspecified atom stereocenters. The first kappa shape index (κ1) is 23.2. The van der Waals surface area contributed by atoms with Crippen molar-refractivity contribution in [1.82, 2.24) is 15.0 Å². The van der Waals surface area contributed by atoms with E-state index in [0.717, 1.165) is 27.0 Å². The molecule has 0 atom stereocenters. The second-order valence-corrected chi connectivity index (χ2v) is 8.61. The number of nitrogens with one attached hydrogen (secondary N) is 4. The van der Waals surface area contributed by atoms with E-state index in [-0.39, 0.29) is 18.4 Å². The molecule has 4 rings (SSSR count). The Morgan fingerprint density at radius 2 is 1.12 bits per heavy atom. The minimum Gasteiger partial charge on any atom is -0.345 e. The lowest BCUT2D eigenvalue weighted by molar-refractivity contribution is -0.114. The van der Waals surface area contributed by atoms with E-state index in [1.807, 2.05) is 86.6 Å². The summed E-state index contributed by atoms with van der Waals surface area (Å²) in [4.78, 5) is 25.7. The number of carbonyl (C=O) groups is 1. The van der Waals surface area contributed by atoms with Crippen molar-refractivity contribution in [2.45, 2.75) is 13.8 Å². The fraction of sp³-hybridized carbons (Fsp3) is 0.120. The van der Waals surface area contributed by atoms with E-state index in [1.54, 1.807) is 0 Å². The van der Waals surface area contributed by atoms with Crippen LogP contribution < -0.4 is 21.3 Å². The van der Waals surface area contributed by atoms with Gasteiger partial charge in [0.15, 0.2) is 0 Å². The zero-order chi connectivity index (χ0) is 23.9. The van der Waals surface area contributed by atoms with Crippen LogP contribution in [-0.4, -0.2) is 27.4 Å². The third-order valence-electron chi connectivity index (χ3n) is 4.79. The Morgan fingerprint density at radius 3 is 1.62 bits per heavy atom. The van der Waals surface area contributed by atoms with Gasteiger partial charge in [-0.15, -0.1) is 0 Å². The lowest BCUT2D eigenvalue weighted by Crippen LogP contribution is -2.23. The number of halogens is 1. The Labute approximate surface area is 206 Å². The number of benzene rings is 3. The van der Waals surface area contributed by atoms with Crippen LogP contribution in [0.15, 0.2) is 77.3 Å². The number of carbonyl (C=O) groups excluding carboxylic acids is 1. The van der Waals surface area contributed by atoms with Gasteiger partial charge in [-0.05, 0) is 62.4 Å². The number of amides is 1. The average Bonchev–Trinajstić information content (AvgIpc) is 2.82. The highest BCUT2D eigenvalue weighted by molar-refractivity contribution is 9.10. The molecule has 0 bridgehead atoms. The van der Waals surface area contributed by atoms with Crippen LogP contribution in [0.4, 0.5) is 34.9 Å². The molecule has 1 amide bonds. The molecule has 172 valence electrons. The summed E-state index contributed by atoms with van der Waals surface area (Å²) in [6.45, 7) is 4.04. The van der Waals surface area contributed by atoms with Gasteiger partial charge in [0.05, 0.1) is 6.54 Å². The molecular formula is C25H24BrN7O. The third-order valence-corrected chi connectivity index (χ3v) is 5.31. The van der Waals surface area contributed by atoms with Gasteiger partial charge in [0.25, 0.3) is 0 Å². The highest BCUT2D eigenvalue weighted by Crippen LogP contribution is 2.20. The van der Waals surface area contributed by atoms with Gasteiger partial charge < -0.3 is 21.3 Å². The van der Waals surface area contributed by atoms with Crippen LogP contribution in [-0.2, 0) is 4.79 Å². The van der Waals surface area contributed by atoms with Crippen molar-refractivity contribution >= 4 is 56.7 Å². The van der Waals surface area contributed by atoms with Crippen molar-refractivity contribution in [3.8, 4) is 0 Å². The summed E-state index contributed by atoms with van der Waals surface area (Å²) < 4.78 is 0.941. The summed E-state index contributed by atoms with van der Waals surface area (Å²) >= 11 is 3.38. The highest BCUT2D eigenvalue weighted by Gasteiger charge is 2.10. The van der Waals surface area contributed by atoms with Crippen LogP contribution in [0.3, 0.4) is 0 Å². The molecule has 0 aliphatic carbocycles. The molecular weight excluding hydrogens is 494 g/mol. The molecule has 0 radical (unpaired) electrons. The van der Waals surface area contributed by atoms with Gasteiger partial charge in [-0.3, -0.25) is 4.79 Å². The first-order valence-corrected chi connectivity index (χ1v) is 11.4. The molecule has 0 saturated carbocycles. The molecule has 0 aliphatic rings. The third kappa shape index (κ3) is 6.76. The molecule has 34 heavy (non-hydrogen) atoms. The minimum absolute atomic E-state index is 0.00593. The molecule has 3 aromatic carbocycles. The predicted molar refractivity (Wildman–Crippen MR) is 140 cm³/mol. The summed E-state index contributed by atoms with van der Waals surface area (Å²) in [6.07, 6.45) is 0. The first-order valence-electron chi connectivity index (χ1n) is 10.7. The maximum absolute atomic E-state index is 12.4. The fourth-order valence-corrected chi connectivity index (χ4v) is 3.26. The minimum atomic E-state index is -0.219. The van der Waals surface area contributed by atoms with E-state index < -0.39 is 0 Å². The Balaban J connectivity index is 1.50. The van der Waals surface area contributed by atoms with E-state index in [2.05, 4.69) is 52.1 Å². The Hall–Kier alpha value is -3.98. The molecule has 8 nitrogen and oxygen atoms in total. The van der Waals surface area contributed by atoms with Crippen LogP contribution in [0.1, 0.15) is 11.1 Å². The van der Waals surface area contributed by atoms with Crippen molar-refractivity contribution in [2.24, 2.45) is 0 Å². The van der Waals surface area contributed by atoms with Crippen molar-refractivity contribution in [3.63, 3.8) is 0 Å². The maximum atomic E-state index is 12.4. The highest BCUT2D eigenvalue weighted by atomic mass is 79.9. The number of rotatable bonds is 8. The van der Waals surface area contributed by atoms with Crippen molar-refractivity contribution in [2.75, 3.05) is 27.8 Å². The summed E-state index contributed by atoms with van der Waals surface area (Å²) in [6, 6.07) is 23.2. The second-order valence-electron chi connectivity index (χ2n) is 7.70.